The van der Waals surface area contributed by atoms with Gasteiger partial charge < -0.3 is 9.84 Å². The topological polar surface area (TPSA) is 127 Å². The highest BCUT2D eigenvalue weighted by atomic mass is 32.2. The van der Waals surface area contributed by atoms with E-state index in [2.05, 4.69) is 25.2 Å². The number of nitrogens with one attached hydrogen (secondary N) is 2. The van der Waals surface area contributed by atoms with Crippen LogP contribution in [-0.4, -0.2) is 36.5 Å². The van der Waals surface area contributed by atoms with Crippen LogP contribution in [0.5, 0.6) is 0 Å². The van der Waals surface area contributed by atoms with Gasteiger partial charge in [-0.25, -0.2) is 8.42 Å². The van der Waals surface area contributed by atoms with Crippen LogP contribution in [0, 0.1) is 5.92 Å². The number of hydrogen-bond donors (Lipinski definition) is 2. The lowest BCUT2D eigenvalue weighted by Crippen LogP contribution is -2.32. The van der Waals surface area contributed by atoms with Gasteiger partial charge >= 0.3 is 0 Å². The first-order chi connectivity index (χ1) is 13.8. The number of carbonyl (C=O) groups is 1. The molecule has 0 aliphatic carbocycles. The molecule has 2 N–H and O–H groups in total. The molecule has 2 heterocycles. The lowest BCUT2D eigenvalue weighted by molar-refractivity contribution is 0.0963. The third-order valence-electron chi connectivity index (χ3n) is 4.23. The summed E-state index contributed by atoms with van der Waals surface area (Å²) in [7, 11) is -2.37. The van der Waals surface area contributed by atoms with E-state index in [1.807, 2.05) is 13.8 Å². The summed E-state index contributed by atoms with van der Waals surface area (Å²) in [4.78, 5) is 20.0. The molecule has 3 rings (SSSR count). The number of amides is 1. The van der Waals surface area contributed by atoms with Gasteiger partial charge in [0.1, 0.15) is 6.04 Å². The van der Waals surface area contributed by atoms with Crippen molar-refractivity contribution in [1.82, 2.24) is 25.2 Å². The van der Waals surface area contributed by atoms with E-state index < -0.39 is 16.1 Å². The molecule has 0 fully saturated rings. The van der Waals surface area contributed by atoms with Crippen molar-refractivity contribution < 1.29 is 17.7 Å². The summed E-state index contributed by atoms with van der Waals surface area (Å²) in [6, 6.07) is 8.45. The Hall–Kier alpha value is -3.11. The predicted octanol–water partition coefficient (Wildman–Crippen LogP) is 2.17. The molecule has 1 amide bonds. The molecule has 9 nitrogen and oxygen atoms in total. The van der Waals surface area contributed by atoms with Crippen molar-refractivity contribution >= 4 is 15.9 Å². The van der Waals surface area contributed by atoms with E-state index in [1.165, 1.54) is 31.3 Å². The largest absolute Gasteiger partial charge is 0.355 e. The van der Waals surface area contributed by atoms with E-state index in [-0.39, 0.29) is 22.6 Å². The lowest BCUT2D eigenvalue weighted by atomic mass is 10.1. The van der Waals surface area contributed by atoms with Crippen LogP contribution in [0.1, 0.15) is 36.1 Å². The average molecular weight is 415 g/mol. The standard InChI is InChI=1S/C19H21N5O4S/c1-12(2)16(19-22-17(23-28-19)14-5-4-10-21-11-14)24-29(26,27)15-8-6-13(7-9-15)18(25)20-3/h4-12,16,24H,1-3H3,(H,20,25). The first kappa shape index (κ1) is 20.6. The molecule has 0 saturated carbocycles. The van der Waals surface area contributed by atoms with Crippen LogP contribution in [0.15, 0.2) is 58.2 Å². The maximum Gasteiger partial charge on any atom is 0.251 e. The van der Waals surface area contributed by atoms with Crippen LogP contribution in [0.3, 0.4) is 0 Å². The van der Waals surface area contributed by atoms with E-state index >= 15 is 0 Å². The van der Waals surface area contributed by atoms with Gasteiger partial charge in [-0.1, -0.05) is 19.0 Å². The Bertz CT molecular complexity index is 1080. The van der Waals surface area contributed by atoms with E-state index in [0.717, 1.165) is 0 Å². The van der Waals surface area contributed by atoms with Crippen molar-refractivity contribution in [2.75, 3.05) is 7.05 Å². The molecule has 1 aromatic carbocycles. The number of nitrogens with zero attached hydrogens (tertiary/aromatic N) is 3. The zero-order valence-corrected chi connectivity index (χ0v) is 17.0. The Labute approximate surface area is 168 Å². The van der Waals surface area contributed by atoms with Crippen LogP contribution in [-0.2, 0) is 10.0 Å². The highest BCUT2D eigenvalue weighted by molar-refractivity contribution is 7.89. The monoisotopic (exact) mass is 415 g/mol. The zero-order valence-electron chi connectivity index (χ0n) is 16.2. The quantitative estimate of drug-likeness (QED) is 0.605. The molecule has 0 spiro atoms. The molecule has 1 atom stereocenters. The number of pyridine rings is 1. The molecular formula is C19H21N5O4S. The normalized spacial score (nSPS) is 12.7. The van der Waals surface area contributed by atoms with Gasteiger partial charge in [-0.2, -0.15) is 9.71 Å². The Morgan fingerprint density at radius 3 is 2.45 bits per heavy atom. The Morgan fingerprint density at radius 1 is 1.14 bits per heavy atom. The van der Waals surface area contributed by atoms with Crippen molar-refractivity contribution in [3.05, 3.63) is 60.2 Å². The summed E-state index contributed by atoms with van der Waals surface area (Å²) in [6.45, 7) is 3.69. The fraction of sp³-hybridized carbons (Fsp3) is 0.263. The molecule has 29 heavy (non-hydrogen) atoms. The van der Waals surface area contributed by atoms with Crippen LogP contribution >= 0.6 is 0 Å². The molecule has 0 radical (unpaired) electrons. The number of benzene rings is 1. The predicted molar refractivity (Wildman–Crippen MR) is 105 cm³/mol. The average Bonchev–Trinajstić information content (AvgIpc) is 3.22. The van der Waals surface area contributed by atoms with Gasteiger partial charge in [0.2, 0.25) is 21.7 Å². The minimum absolute atomic E-state index is 0.0304. The van der Waals surface area contributed by atoms with Crippen LogP contribution in [0.4, 0.5) is 0 Å². The summed E-state index contributed by atoms with van der Waals surface area (Å²) in [5, 5.41) is 6.42. The number of hydrogen-bond acceptors (Lipinski definition) is 7. The van der Waals surface area contributed by atoms with Gasteiger partial charge in [0.25, 0.3) is 5.91 Å². The van der Waals surface area contributed by atoms with Gasteiger partial charge in [0.05, 0.1) is 4.90 Å². The van der Waals surface area contributed by atoms with Gasteiger partial charge in [-0.15, -0.1) is 0 Å². The molecule has 152 valence electrons. The summed E-state index contributed by atoms with van der Waals surface area (Å²) < 4.78 is 33.6. The molecule has 2 aromatic heterocycles. The van der Waals surface area contributed by atoms with Crippen LogP contribution < -0.4 is 10.0 Å². The first-order valence-electron chi connectivity index (χ1n) is 8.90. The molecule has 3 aromatic rings. The number of aromatic nitrogens is 3. The third kappa shape index (κ3) is 4.66. The smallest absolute Gasteiger partial charge is 0.251 e. The minimum Gasteiger partial charge on any atom is -0.355 e. The second-order valence-electron chi connectivity index (χ2n) is 6.64. The molecule has 1 unspecified atom stereocenters. The first-order valence-corrected chi connectivity index (χ1v) is 10.4. The molecule has 10 heteroatoms. The van der Waals surface area contributed by atoms with E-state index in [1.54, 1.807) is 24.5 Å². The highest BCUT2D eigenvalue weighted by Crippen LogP contribution is 2.25. The van der Waals surface area contributed by atoms with Gasteiger partial charge in [0, 0.05) is 30.6 Å². The Kier molecular flexibility index (Phi) is 6.04. The Morgan fingerprint density at radius 2 is 1.86 bits per heavy atom. The number of sulfonamides is 1. The summed E-state index contributed by atoms with van der Waals surface area (Å²) in [5.74, 6) is 0.0326. The fourth-order valence-corrected chi connectivity index (χ4v) is 3.95. The van der Waals surface area contributed by atoms with Crippen molar-refractivity contribution in [2.45, 2.75) is 24.8 Å². The second-order valence-corrected chi connectivity index (χ2v) is 8.36. The maximum atomic E-state index is 12.8. The van der Waals surface area contributed by atoms with Crippen molar-refractivity contribution in [3.63, 3.8) is 0 Å². The highest BCUT2D eigenvalue weighted by Gasteiger charge is 2.29. The van der Waals surface area contributed by atoms with Crippen LogP contribution in [0.25, 0.3) is 11.4 Å². The number of carbonyl (C=O) groups excluding carboxylic acids is 1. The minimum atomic E-state index is -3.88. The zero-order chi connectivity index (χ0) is 21.0. The summed E-state index contributed by atoms with van der Waals surface area (Å²) in [5.41, 5.74) is 1.03. The molecule has 0 saturated heterocycles. The molecule has 0 bridgehead atoms. The molecular weight excluding hydrogens is 394 g/mol. The third-order valence-corrected chi connectivity index (χ3v) is 5.69. The van der Waals surface area contributed by atoms with Crippen LogP contribution in [0.2, 0.25) is 0 Å². The van der Waals surface area contributed by atoms with E-state index in [9.17, 15) is 13.2 Å². The SMILES string of the molecule is CNC(=O)c1ccc(S(=O)(=O)NC(c2nc(-c3cccnc3)no2)C(C)C)cc1. The second kappa shape index (κ2) is 8.50. The Balaban J connectivity index is 1.85. The van der Waals surface area contributed by atoms with Crippen molar-refractivity contribution in [3.8, 4) is 11.4 Å². The lowest BCUT2D eigenvalue weighted by Gasteiger charge is -2.18. The molecule has 0 aliphatic rings. The fourth-order valence-electron chi connectivity index (χ4n) is 2.61. The van der Waals surface area contributed by atoms with Crippen molar-refractivity contribution in [1.29, 1.82) is 0 Å². The summed E-state index contributed by atoms with van der Waals surface area (Å²) >= 11 is 0. The van der Waals surface area contributed by atoms with Crippen molar-refractivity contribution in [2.24, 2.45) is 5.92 Å². The van der Waals surface area contributed by atoms with E-state index in [4.69, 9.17) is 4.52 Å². The summed E-state index contributed by atoms with van der Waals surface area (Å²) in [6.07, 6.45) is 3.22. The molecule has 0 aliphatic heterocycles. The van der Waals surface area contributed by atoms with Gasteiger partial charge in [0.15, 0.2) is 0 Å². The maximum absolute atomic E-state index is 12.8. The van der Waals surface area contributed by atoms with Gasteiger partial charge in [-0.3, -0.25) is 9.78 Å². The number of rotatable bonds is 7. The van der Waals surface area contributed by atoms with E-state index in [0.29, 0.717) is 17.0 Å². The van der Waals surface area contributed by atoms with Gasteiger partial charge in [-0.05, 0) is 42.3 Å².